The third-order valence-corrected chi connectivity index (χ3v) is 3.59. The lowest BCUT2D eigenvalue weighted by Gasteiger charge is -2.29. The Kier molecular flexibility index (Phi) is 3.73. The van der Waals surface area contributed by atoms with Gasteiger partial charge in [-0.3, -0.25) is 9.69 Å². The first-order chi connectivity index (χ1) is 10.3. The second-order valence-corrected chi connectivity index (χ2v) is 4.92. The maximum absolute atomic E-state index is 12.4. The van der Waals surface area contributed by atoms with E-state index in [4.69, 9.17) is 4.74 Å². The first kappa shape index (κ1) is 13.4. The second-order valence-electron chi connectivity index (χ2n) is 4.92. The van der Waals surface area contributed by atoms with Crippen LogP contribution in [0.1, 0.15) is 18.4 Å². The van der Waals surface area contributed by atoms with Crippen molar-refractivity contribution in [2.24, 2.45) is 0 Å². The largest absolute Gasteiger partial charge is 0.497 e. The summed E-state index contributed by atoms with van der Waals surface area (Å²) in [7, 11) is 1.64. The van der Waals surface area contributed by atoms with Gasteiger partial charge in [-0.2, -0.15) is 0 Å². The van der Waals surface area contributed by atoms with E-state index in [9.17, 15) is 4.79 Å². The fraction of sp³-hybridized carbons (Fsp3) is 0.167. The zero-order chi connectivity index (χ0) is 14.7. The van der Waals surface area contributed by atoms with E-state index in [1.165, 1.54) is 0 Å². The number of nitrogens with zero attached hydrogens (tertiary/aromatic N) is 1. The van der Waals surface area contributed by atoms with E-state index in [0.717, 1.165) is 29.1 Å². The van der Waals surface area contributed by atoms with Crippen molar-refractivity contribution in [3.63, 3.8) is 0 Å². The van der Waals surface area contributed by atoms with Gasteiger partial charge in [0.25, 0.3) is 0 Å². The molecule has 2 aromatic rings. The third kappa shape index (κ3) is 2.68. The average molecular weight is 279 g/mol. The third-order valence-electron chi connectivity index (χ3n) is 3.59. The molecule has 2 aromatic carbocycles. The number of hydrogen-bond acceptors (Lipinski definition) is 2. The van der Waals surface area contributed by atoms with Gasteiger partial charge >= 0.3 is 0 Å². The maximum Gasteiger partial charge on any atom is 0.231 e. The molecule has 0 fully saturated rings. The molecule has 1 aliphatic rings. The van der Waals surface area contributed by atoms with E-state index >= 15 is 0 Å². The molecule has 0 spiro atoms. The van der Waals surface area contributed by atoms with Crippen LogP contribution in [0.4, 0.5) is 5.69 Å². The van der Waals surface area contributed by atoms with E-state index in [0.29, 0.717) is 6.42 Å². The van der Waals surface area contributed by atoms with Gasteiger partial charge in [0.15, 0.2) is 0 Å². The van der Waals surface area contributed by atoms with Crippen LogP contribution in [0.3, 0.4) is 0 Å². The summed E-state index contributed by atoms with van der Waals surface area (Å²) < 4.78 is 5.18. The highest BCUT2D eigenvalue weighted by atomic mass is 16.5. The Hall–Kier alpha value is -2.55. The number of amides is 1. The van der Waals surface area contributed by atoms with Crippen molar-refractivity contribution < 1.29 is 9.53 Å². The highest BCUT2D eigenvalue weighted by molar-refractivity contribution is 6.07. The number of methoxy groups -OCH3 is 1. The predicted octanol–water partition coefficient (Wildman–Crippen LogP) is 3.86. The van der Waals surface area contributed by atoms with Gasteiger partial charge in [0.1, 0.15) is 5.75 Å². The second kappa shape index (κ2) is 5.83. The van der Waals surface area contributed by atoms with E-state index in [1.807, 2.05) is 54.6 Å². The van der Waals surface area contributed by atoms with Crippen molar-refractivity contribution in [2.75, 3.05) is 12.0 Å². The summed E-state index contributed by atoms with van der Waals surface area (Å²) in [6, 6.07) is 17.6. The molecule has 21 heavy (non-hydrogen) atoms. The standard InChI is InChI=1S/C18H17NO2/c1-21-16-12-10-15(11-13-16)19-17(8-5-9-18(19)20)14-6-3-2-4-7-14/h2-4,6-8,10-13H,5,9H2,1H3. The fourth-order valence-electron chi connectivity index (χ4n) is 2.54. The van der Waals surface area contributed by atoms with Crippen molar-refractivity contribution in [2.45, 2.75) is 12.8 Å². The maximum atomic E-state index is 12.4. The number of carbonyl (C=O) groups is 1. The molecule has 0 unspecified atom stereocenters. The molecule has 1 heterocycles. The van der Waals surface area contributed by atoms with Crippen molar-refractivity contribution in [1.82, 2.24) is 0 Å². The SMILES string of the molecule is COc1ccc(N2C(=O)CCC=C2c2ccccc2)cc1. The van der Waals surface area contributed by atoms with Gasteiger partial charge < -0.3 is 4.74 Å². The minimum Gasteiger partial charge on any atom is -0.497 e. The molecule has 0 radical (unpaired) electrons. The monoisotopic (exact) mass is 279 g/mol. The van der Waals surface area contributed by atoms with Gasteiger partial charge in [0, 0.05) is 12.1 Å². The molecule has 0 saturated heterocycles. The number of anilines is 1. The summed E-state index contributed by atoms with van der Waals surface area (Å²) in [5.74, 6) is 0.912. The van der Waals surface area contributed by atoms with Crippen LogP contribution in [0.2, 0.25) is 0 Å². The van der Waals surface area contributed by atoms with Crippen LogP contribution in [0, 0.1) is 0 Å². The molecule has 0 N–H and O–H groups in total. The smallest absolute Gasteiger partial charge is 0.231 e. The summed E-state index contributed by atoms with van der Waals surface area (Å²) >= 11 is 0. The lowest BCUT2D eigenvalue weighted by Crippen LogP contribution is -2.31. The van der Waals surface area contributed by atoms with Crippen LogP contribution in [0.15, 0.2) is 60.7 Å². The lowest BCUT2D eigenvalue weighted by molar-refractivity contribution is -0.118. The summed E-state index contributed by atoms with van der Waals surface area (Å²) in [6.45, 7) is 0. The normalized spacial score (nSPS) is 14.8. The zero-order valence-electron chi connectivity index (χ0n) is 12.0. The summed E-state index contributed by atoms with van der Waals surface area (Å²) in [5, 5.41) is 0. The molecule has 1 aliphatic heterocycles. The average Bonchev–Trinajstić information content (AvgIpc) is 2.55. The van der Waals surface area contributed by atoms with E-state index < -0.39 is 0 Å². The van der Waals surface area contributed by atoms with Gasteiger partial charge in [0.05, 0.1) is 12.8 Å². The Morgan fingerprint density at radius 2 is 1.71 bits per heavy atom. The quantitative estimate of drug-likeness (QED) is 0.853. The Balaban J connectivity index is 2.01. The zero-order valence-corrected chi connectivity index (χ0v) is 12.0. The van der Waals surface area contributed by atoms with Crippen LogP contribution in [0.5, 0.6) is 5.75 Å². The first-order valence-corrected chi connectivity index (χ1v) is 7.02. The molecule has 0 aromatic heterocycles. The Morgan fingerprint density at radius 3 is 2.38 bits per heavy atom. The molecule has 1 amide bonds. The van der Waals surface area contributed by atoms with Gasteiger partial charge in [-0.05, 0) is 36.2 Å². The molecule has 106 valence electrons. The minimum absolute atomic E-state index is 0.126. The molecule has 0 atom stereocenters. The molecule has 0 saturated carbocycles. The minimum atomic E-state index is 0.126. The van der Waals surface area contributed by atoms with Gasteiger partial charge in [-0.1, -0.05) is 36.4 Å². The predicted molar refractivity (Wildman–Crippen MR) is 84.1 cm³/mol. The van der Waals surface area contributed by atoms with Gasteiger partial charge in [-0.25, -0.2) is 0 Å². The molecule has 0 bridgehead atoms. The Morgan fingerprint density at radius 1 is 1.00 bits per heavy atom. The number of benzene rings is 2. The summed E-state index contributed by atoms with van der Waals surface area (Å²) in [5.41, 5.74) is 2.88. The van der Waals surface area contributed by atoms with Crippen LogP contribution in [-0.2, 0) is 4.79 Å². The number of allylic oxidation sites excluding steroid dienone is 1. The van der Waals surface area contributed by atoms with Gasteiger partial charge in [-0.15, -0.1) is 0 Å². The summed E-state index contributed by atoms with van der Waals surface area (Å²) in [4.78, 5) is 14.2. The van der Waals surface area contributed by atoms with Crippen molar-refractivity contribution in [3.8, 4) is 5.75 Å². The van der Waals surface area contributed by atoms with Crippen LogP contribution in [-0.4, -0.2) is 13.0 Å². The molecule has 0 aliphatic carbocycles. The topological polar surface area (TPSA) is 29.5 Å². The Bertz CT molecular complexity index is 659. The van der Waals surface area contributed by atoms with Crippen molar-refractivity contribution in [1.29, 1.82) is 0 Å². The number of rotatable bonds is 3. The molecule has 3 rings (SSSR count). The first-order valence-electron chi connectivity index (χ1n) is 7.02. The van der Waals surface area contributed by atoms with Crippen molar-refractivity contribution >= 4 is 17.3 Å². The summed E-state index contributed by atoms with van der Waals surface area (Å²) in [6.07, 6.45) is 3.46. The van der Waals surface area contributed by atoms with Crippen molar-refractivity contribution in [3.05, 3.63) is 66.2 Å². The molecular formula is C18H17NO2. The van der Waals surface area contributed by atoms with Gasteiger partial charge in [0.2, 0.25) is 5.91 Å². The highest BCUT2D eigenvalue weighted by Gasteiger charge is 2.24. The molecule has 3 nitrogen and oxygen atoms in total. The Labute approximate surface area is 124 Å². The van der Waals surface area contributed by atoms with E-state index in [-0.39, 0.29) is 5.91 Å². The molecule has 3 heteroatoms. The van der Waals surface area contributed by atoms with Crippen LogP contribution in [0.25, 0.3) is 5.70 Å². The van der Waals surface area contributed by atoms with Crippen LogP contribution >= 0.6 is 0 Å². The lowest BCUT2D eigenvalue weighted by atomic mass is 10.0. The molecular weight excluding hydrogens is 262 g/mol. The van der Waals surface area contributed by atoms with E-state index in [1.54, 1.807) is 12.0 Å². The fourth-order valence-corrected chi connectivity index (χ4v) is 2.54. The van der Waals surface area contributed by atoms with Crippen LogP contribution < -0.4 is 9.64 Å². The highest BCUT2D eigenvalue weighted by Crippen LogP contribution is 2.32. The number of carbonyl (C=O) groups excluding carboxylic acids is 1. The van der Waals surface area contributed by atoms with E-state index in [2.05, 4.69) is 6.08 Å². The number of ether oxygens (including phenoxy) is 1. The number of hydrogen-bond donors (Lipinski definition) is 0.